The van der Waals surface area contributed by atoms with Gasteiger partial charge in [-0.2, -0.15) is 5.26 Å². The second kappa shape index (κ2) is 7.58. The van der Waals surface area contributed by atoms with Crippen LogP contribution in [-0.2, 0) is 12.8 Å². The minimum atomic E-state index is 1.12. The van der Waals surface area contributed by atoms with E-state index >= 15 is 0 Å². The van der Waals surface area contributed by atoms with Gasteiger partial charge in [0.2, 0.25) is 0 Å². The van der Waals surface area contributed by atoms with E-state index in [1.54, 1.807) is 6.07 Å². The van der Waals surface area contributed by atoms with Crippen molar-refractivity contribution in [1.82, 2.24) is 0 Å². The van der Waals surface area contributed by atoms with Crippen LogP contribution in [0.25, 0.3) is 0 Å². The number of aryl methyl sites for hydroxylation is 1. The maximum Gasteiger partial charge on any atom is 0.0587 e. The highest BCUT2D eigenvalue weighted by Gasteiger charge is 2.00. The van der Waals surface area contributed by atoms with Gasteiger partial charge in [0.15, 0.2) is 0 Å². The van der Waals surface area contributed by atoms with Crippen LogP contribution in [0.1, 0.15) is 31.9 Å². The first-order chi connectivity index (χ1) is 6.71. The van der Waals surface area contributed by atoms with Crippen LogP contribution < -0.4 is 0 Å². The molecule has 0 bridgehead atoms. The molecule has 0 amide bonds. The van der Waals surface area contributed by atoms with Crippen molar-refractivity contribution in [3.63, 3.8) is 0 Å². The molecule has 76 valence electrons. The summed E-state index contributed by atoms with van der Waals surface area (Å²) in [6.07, 6.45) is 2.24. The van der Waals surface area contributed by atoms with Crippen molar-refractivity contribution in [1.29, 1.82) is 5.26 Å². The molecule has 1 aromatic rings. The molecule has 0 unspecified atom stereocenters. The van der Waals surface area contributed by atoms with Crippen LogP contribution in [-0.4, -0.2) is 0 Å². The molecular formula is C12H16BrN. The molecule has 0 aliphatic heterocycles. The van der Waals surface area contributed by atoms with Gasteiger partial charge in [-0.05, 0) is 30.0 Å². The monoisotopic (exact) mass is 253 g/mol. The van der Waals surface area contributed by atoms with Crippen LogP contribution in [0.5, 0.6) is 0 Å². The maximum atomic E-state index is 7.32. The highest BCUT2D eigenvalue weighted by atomic mass is 79.9. The van der Waals surface area contributed by atoms with Gasteiger partial charge in [-0.25, -0.2) is 0 Å². The molecule has 0 aromatic heterocycles. The summed E-state index contributed by atoms with van der Waals surface area (Å²) in [6, 6.07) is 8.16. The number of hydrogen-bond donors (Lipinski definition) is 0. The Bertz CT molecular complexity index is 313. The minimum Gasteiger partial charge on any atom is -0.199 e. The Labute approximate surface area is 94.9 Å². The van der Waals surface area contributed by atoms with E-state index < -0.39 is 0 Å². The number of halogens is 1. The van der Waals surface area contributed by atoms with Crippen LogP contribution in [0.15, 0.2) is 22.7 Å². The summed E-state index contributed by atoms with van der Waals surface area (Å²) in [5, 5.41) is 7.32. The first kappa shape index (κ1) is 13.2. The van der Waals surface area contributed by atoms with Crippen molar-refractivity contribution >= 4 is 15.9 Å². The second-order valence-electron chi connectivity index (χ2n) is 2.81. The Morgan fingerprint density at radius 2 is 1.86 bits per heavy atom. The molecule has 0 aliphatic rings. The lowest BCUT2D eigenvalue weighted by Crippen LogP contribution is -1.90. The van der Waals surface area contributed by atoms with Crippen molar-refractivity contribution in [3.05, 3.63) is 33.8 Å². The molecular weight excluding hydrogens is 238 g/mol. The molecule has 1 nitrogen and oxygen atoms in total. The molecule has 0 fully saturated rings. The van der Waals surface area contributed by atoms with Gasteiger partial charge in [-0.3, -0.25) is 0 Å². The quantitative estimate of drug-likeness (QED) is 0.779. The van der Waals surface area contributed by atoms with Gasteiger partial charge in [-0.1, -0.05) is 41.9 Å². The van der Waals surface area contributed by atoms with Gasteiger partial charge in [-0.15, -0.1) is 0 Å². The van der Waals surface area contributed by atoms with Crippen molar-refractivity contribution in [2.75, 3.05) is 0 Å². The summed E-state index contributed by atoms with van der Waals surface area (Å²) < 4.78 is 1.25. The third-order valence-corrected chi connectivity index (χ3v) is 2.69. The summed E-state index contributed by atoms with van der Waals surface area (Å²) in [4.78, 5) is 0. The van der Waals surface area contributed by atoms with Crippen LogP contribution in [0.4, 0.5) is 0 Å². The molecule has 0 N–H and O–H groups in total. The molecule has 0 heterocycles. The summed E-state index contributed by atoms with van der Waals surface area (Å²) in [5.74, 6) is 0. The van der Waals surface area contributed by atoms with E-state index in [4.69, 9.17) is 5.26 Å². The largest absolute Gasteiger partial charge is 0.199 e. The molecule has 0 aliphatic carbocycles. The first-order valence-corrected chi connectivity index (χ1v) is 5.57. The molecule has 0 saturated carbocycles. The average molecular weight is 254 g/mol. The van der Waals surface area contributed by atoms with Gasteiger partial charge in [0, 0.05) is 11.4 Å². The summed E-state index contributed by atoms with van der Waals surface area (Å²) in [6.45, 7) is 5.82. The van der Waals surface area contributed by atoms with Crippen molar-refractivity contribution < 1.29 is 0 Å². The van der Waals surface area contributed by atoms with Crippen LogP contribution in [0.3, 0.4) is 0 Å². The topological polar surface area (TPSA) is 23.8 Å². The molecule has 1 rings (SSSR count). The van der Waals surface area contributed by atoms with E-state index in [2.05, 4.69) is 48.0 Å². The normalized spacial score (nSPS) is 8.50. The molecule has 0 radical (unpaired) electrons. The lowest BCUT2D eigenvalue weighted by molar-refractivity contribution is 1.03. The smallest absolute Gasteiger partial charge is 0.0587 e. The Balaban J connectivity index is 0.000000500. The van der Waals surface area contributed by atoms with Gasteiger partial charge < -0.3 is 0 Å². The Kier molecular flexibility index (Phi) is 7.14. The Morgan fingerprint density at radius 1 is 1.29 bits per heavy atom. The standard InChI is InChI=1S/C10H13Br.C2H3N/c1-3-8-6-5-7-10(11)9(8)4-2;1-2-3/h5-7H,3-4H2,1-2H3;1H3. The molecule has 1 aromatic carbocycles. The van der Waals surface area contributed by atoms with E-state index in [-0.39, 0.29) is 0 Å². The predicted molar refractivity (Wildman–Crippen MR) is 64.2 cm³/mol. The summed E-state index contributed by atoms with van der Waals surface area (Å²) >= 11 is 3.55. The van der Waals surface area contributed by atoms with Crippen molar-refractivity contribution in [2.24, 2.45) is 0 Å². The zero-order valence-electron chi connectivity index (χ0n) is 8.97. The molecule has 0 spiro atoms. The number of rotatable bonds is 2. The molecule has 14 heavy (non-hydrogen) atoms. The maximum absolute atomic E-state index is 7.32. The number of benzene rings is 1. The van der Waals surface area contributed by atoms with E-state index in [0.717, 1.165) is 12.8 Å². The third-order valence-electron chi connectivity index (χ3n) is 1.95. The van der Waals surface area contributed by atoms with E-state index in [1.807, 2.05) is 0 Å². The molecule has 0 saturated heterocycles. The summed E-state index contributed by atoms with van der Waals surface area (Å²) in [7, 11) is 0. The minimum absolute atomic E-state index is 1.12. The van der Waals surface area contributed by atoms with E-state index in [9.17, 15) is 0 Å². The predicted octanol–water partition coefficient (Wildman–Crippen LogP) is 4.10. The average Bonchev–Trinajstić information content (AvgIpc) is 2.18. The zero-order valence-corrected chi connectivity index (χ0v) is 10.6. The third kappa shape index (κ3) is 3.93. The Morgan fingerprint density at radius 3 is 2.21 bits per heavy atom. The number of nitriles is 1. The Hall–Kier alpha value is -0.810. The fraction of sp³-hybridized carbons (Fsp3) is 0.417. The number of nitrogens with zero attached hydrogens (tertiary/aromatic N) is 1. The van der Waals surface area contributed by atoms with Gasteiger partial charge >= 0.3 is 0 Å². The molecule has 2 heteroatoms. The highest BCUT2D eigenvalue weighted by Crippen LogP contribution is 2.21. The SMILES string of the molecule is CC#N.CCc1cccc(Br)c1CC. The second-order valence-corrected chi connectivity index (χ2v) is 3.66. The number of hydrogen-bond acceptors (Lipinski definition) is 1. The van der Waals surface area contributed by atoms with E-state index in [0.29, 0.717) is 0 Å². The van der Waals surface area contributed by atoms with Crippen molar-refractivity contribution in [3.8, 4) is 6.07 Å². The highest BCUT2D eigenvalue weighted by molar-refractivity contribution is 9.10. The van der Waals surface area contributed by atoms with Crippen LogP contribution in [0, 0.1) is 11.3 Å². The fourth-order valence-electron chi connectivity index (χ4n) is 1.33. The van der Waals surface area contributed by atoms with Gasteiger partial charge in [0.1, 0.15) is 0 Å². The lowest BCUT2D eigenvalue weighted by atomic mass is 10.0. The van der Waals surface area contributed by atoms with Gasteiger partial charge in [0.05, 0.1) is 6.07 Å². The van der Waals surface area contributed by atoms with Crippen LogP contribution >= 0.6 is 15.9 Å². The summed E-state index contributed by atoms with van der Waals surface area (Å²) in [5.41, 5.74) is 2.91. The van der Waals surface area contributed by atoms with Gasteiger partial charge in [0.25, 0.3) is 0 Å². The fourth-order valence-corrected chi connectivity index (χ4v) is 2.02. The van der Waals surface area contributed by atoms with Crippen molar-refractivity contribution in [2.45, 2.75) is 33.6 Å². The first-order valence-electron chi connectivity index (χ1n) is 4.78. The lowest BCUT2D eigenvalue weighted by Gasteiger charge is -2.06. The zero-order chi connectivity index (χ0) is 11.0. The van der Waals surface area contributed by atoms with Crippen LogP contribution in [0.2, 0.25) is 0 Å². The van der Waals surface area contributed by atoms with E-state index in [1.165, 1.54) is 22.5 Å². The molecule has 0 atom stereocenters.